The Hall–Kier alpha value is -2.44. The van der Waals surface area contributed by atoms with Crippen molar-refractivity contribution in [1.82, 2.24) is 25.5 Å². The number of anilines is 1. The number of carbonyl (C=O) groups is 1. The molecule has 0 unspecified atom stereocenters. The predicted octanol–water partition coefficient (Wildman–Crippen LogP) is 0.919. The van der Waals surface area contributed by atoms with E-state index >= 15 is 0 Å². The van der Waals surface area contributed by atoms with E-state index in [9.17, 15) is 4.79 Å². The van der Waals surface area contributed by atoms with Gasteiger partial charge in [0.15, 0.2) is 0 Å². The standard InChI is InChI=1S/C13H16N6O/c20-12(11-8-10(18-19-11)9-2-3-9)14-6-7-17-13-15-4-1-5-16-13/h1,4-5,8-9H,2-3,6-7H2,(H,14,20)(H,18,19)(H,15,16,17). The number of nitrogens with zero attached hydrogens (tertiary/aromatic N) is 3. The monoisotopic (exact) mass is 272 g/mol. The van der Waals surface area contributed by atoms with Gasteiger partial charge in [0.05, 0.1) is 0 Å². The largest absolute Gasteiger partial charge is 0.352 e. The van der Waals surface area contributed by atoms with Gasteiger partial charge in [-0.3, -0.25) is 9.89 Å². The highest BCUT2D eigenvalue weighted by Crippen LogP contribution is 2.38. The van der Waals surface area contributed by atoms with Crippen LogP contribution in [0.2, 0.25) is 0 Å². The Balaban J connectivity index is 1.42. The van der Waals surface area contributed by atoms with Crippen molar-refractivity contribution in [2.24, 2.45) is 0 Å². The van der Waals surface area contributed by atoms with Crippen LogP contribution in [0.1, 0.15) is 34.9 Å². The average Bonchev–Trinajstić information content (AvgIpc) is 3.22. The second-order valence-corrected chi connectivity index (χ2v) is 4.74. The predicted molar refractivity (Wildman–Crippen MR) is 73.4 cm³/mol. The minimum absolute atomic E-state index is 0.163. The van der Waals surface area contributed by atoms with Crippen LogP contribution in [0.25, 0.3) is 0 Å². The SMILES string of the molecule is O=C(NCCNc1ncccn1)c1cc(C2CC2)[nH]n1. The first-order chi connectivity index (χ1) is 9.83. The van der Waals surface area contributed by atoms with E-state index in [1.165, 1.54) is 12.8 Å². The fourth-order valence-corrected chi connectivity index (χ4v) is 1.89. The minimum Gasteiger partial charge on any atom is -0.352 e. The molecule has 2 aromatic rings. The van der Waals surface area contributed by atoms with Crippen molar-refractivity contribution in [3.05, 3.63) is 35.9 Å². The summed E-state index contributed by atoms with van der Waals surface area (Å²) in [7, 11) is 0. The van der Waals surface area contributed by atoms with Crippen LogP contribution in [0.15, 0.2) is 24.5 Å². The summed E-state index contributed by atoms with van der Waals surface area (Å²) < 4.78 is 0. The van der Waals surface area contributed by atoms with Crippen molar-refractivity contribution in [3.8, 4) is 0 Å². The highest BCUT2D eigenvalue weighted by Gasteiger charge is 2.26. The quantitative estimate of drug-likeness (QED) is 0.680. The molecule has 0 aliphatic heterocycles. The van der Waals surface area contributed by atoms with Gasteiger partial charge >= 0.3 is 0 Å². The number of nitrogens with one attached hydrogen (secondary N) is 3. The van der Waals surface area contributed by atoms with Crippen LogP contribution in [-0.2, 0) is 0 Å². The lowest BCUT2D eigenvalue weighted by molar-refractivity contribution is 0.0950. The van der Waals surface area contributed by atoms with E-state index in [0.29, 0.717) is 30.6 Å². The van der Waals surface area contributed by atoms with E-state index in [0.717, 1.165) is 5.69 Å². The molecule has 0 spiro atoms. The van der Waals surface area contributed by atoms with Gasteiger partial charge < -0.3 is 10.6 Å². The molecule has 0 radical (unpaired) electrons. The molecule has 0 atom stereocenters. The van der Waals surface area contributed by atoms with Crippen molar-refractivity contribution < 1.29 is 4.79 Å². The van der Waals surface area contributed by atoms with Crippen molar-refractivity contribution in [2.45, 2.75) is 18.8 Å². The molecule has 2 aromatic heterocycles. The third-order valence-corrected chi connectivity index (χ3v) is 3.11. The zero-order chi connectivity index (χ0) is 13.8. The zero-order valence-electron chi connectivity index (χ0n) is 11.0. The summed E-state index contributed by atoms with van der Waals surface area (Å²) in [5.74, 6) is 0.961. The number of carbonyl (C=O) groups excluding carboxylic acids is 1. The number of aromatic amines is 1. The van der Waals surface area contributed by atoms with Crippen LogP contribution in [0.3, 0.4) is 0 Å². The van der Waals surface area contributed by atoms with Crippen LogP contribution in [-0.4, -0.2) is 39.2 Å². The van der Waals surface area contributed by atoms with Crippen LogP contribution in [0.4, 0.5) is 5.95 Å². The van der Waals surface area contributed by atoms with Crippen molar-refractivity contribution in [1.29, 1.82) is 0 Å². The summed E-state index contributed by atoms with van der Waals surface area (Å²) in [6.07, 6.45) is 5.70. The Morgan fingerprint density at radius 2 is 2.10 bits per heavy atom. The maximum absolute atomic E-state index is 11.9. The van der Waals surface area contributed by atoms with Crippen molar-refractivity contribution in [2.75, 3.05) is 18.4 Å². The molecule has 1 fully saturated rings. The van der Waals surface area contributed by atoms with Gasteiger partial charge in [-0.25, -0.2) is 9.97 Å². The Kier molecular flexibility index (Phi) is 3.58. The number of aromatic nitrogens is 4. The summed E-state index contributed by atoms with van der Waals surface area (Å²) in [6.45, 7) is 1.05. The lowest BCUT2D eigenvalue weighted by Gasteiger charge is -2.04. The van der Waals surface area contributed by atoms with E-state index in [2.05, 4.69) is 30.8 Å². The van der Waals surface area contributed by atoms with E-state index in [-0.39, 0.29) is 5.91 Å². The molecule has 0 bridgehead atoms. The molecule has 3 N–H and O–H groups in total. The number of hydrogen-bond acceptors (Lipinski definition) is 5. The van der Waals surface area contributed by atoms with Crippen LogP contribution in [0.5, 0.6) is 0 Å². The third-order valence-electron chi connectivity index (χ3n) is 3.11. The Labute approximate surface area is 116 Å². The van der Waals surface area contributed by atoms with E-state index in [1.807, 2.05) is 6.07 Å². The summed E-state index contributed by atoms with van der Waals surface area (Å²) in [5.41, 5.74) is 1.51. The average molecular weight is 272 g/mol. The Bertz CT molecular complexity index is 578. The van der Waals surface area contributed by atoms with Crippen molar-refractivity contribution in [3.63, 3.8) is 0 Å². The third kappa shape index (κ3) is 3.11. The lowest BCUT2D eigenvalue weighted by Crippen LogP contribution is -2.29. The molecule has 1 aliphatic rings. The fraction of sp³-hybridized carbons (Fsp3) is 0.385. The molecule has 20 heavy (non-hydrogen) atoms. The molecule has 0 aromatic carbocycles. The highest BCUT2D eigenvalue weighted by molar-refractivity contribution is 5.92. The van der Waals surface area contributed by atoms with Gasteiger partial charge in [-0.15, -0.1) is 0 Å². The van der Waals surface area contributed by atoms with Gasteiger partial charge in [-0.2, -0.15) is 5.10 Å². The maximum Gasteiger partial charge on any atom is 0.271 e. The molecule has 3 rings (SSSR count). The van der Waals surface area contributed by atoms with Gasteiger partial charge in [0.25, 0.3) is 5.91 Å². The summed E-state index contributed by atoms with van der Waals surface area (Å²) in [4.78, 5) is 19.9. The number of amides is 1. The van der Waals surface area contributed by atoms with Gasteiger partial charge in [-0.1, -0.05) is 0 Å². The summed E-state index contributed by atoms with van der Waals surface area (Å²) in [5, 5.41) is 12.8. The highest BCUT2D eigenvalue weighted by atomic mass is 16.1. The van der Waals surface area contributed by atoms with Gasteiger partial charge in [0.2, 0.25) is 5.95 Å². The van der Waals surface area contributed by atoms with Crippen LogP contribution < -0.4 is 10.6 Å². The normalized spacial score (nSPS) is 14.0. The first-order valence-electron chi connectivity index (χ1n) is 6.67. The lowest BCUT2D eigenvalue weighted by atomic mass is 10.2. The molecular weight excluding hydrogens is 256 g/mol. The van der Waals surface area contributed by atoms with E-state index in [4.69, 9.17) is 0 Å². The summed E-state index contributed by atoms with van der Waals surface area (Å²) in [6, 6.07) is 3.59. The molecule has 2 heterocycles. The Morgan fingerprint density at radius 1 is 1.30 bits per heavy atom. The number of H-pyrrole nitrogens is 1. The zero-order valence-corrected chi connectivity index (χ0v) is 11.0. The van der Waals surface area contributed by atoms with Crippen molar-refractivity contribution >= 4 is 11.9 Å². The Morgan fingerprint density at radius 3 is 2.85 bits per heavy atom. The second-order valence-electron chi connectivity index (χ2n) is 4.74. The molecule has 7 nitrogen and oxygen atoms in total. The first-order valence-corrected chi connectivity index (χ1v) is 6.67. The van der Waals surface area contributed by atoms with E-state index < -0.39 is 0 Å². The number of hydrogen-bond donors (Lipinski definition) is 3. The first kappa shape index (κ1) is 12.6. The van der Waals surface area contributed by atoms with Crippen LogP contribution >= 0.6 is 0 Å². The number of rotatable bonds is 6. The van der Waals surface area contributed by atoms with E-state index in [1.54, 1.807) is 18.5 Å². The van der Waals surface area contributed by atoms with Gasteiger partial charge in [0.1, 0.15) is 5.69 Å². The molecule has 7 heteroatoms. The minimum atomic E-state index is -0.163. The summed E-state index contributed by atoms with van der Waals surface area (Å²) >= 11 is 0. The van der Waals surface area contributed by atoms with Gasteiger partial charge in [-0.05, 0) is 25.0 Å². The molecule has 1 saturated carbocycles. The molecule has 104 valence electrons. The fourth-order valence-electron chi connectivity index (χ4n) is 1.89. The smallest absolute Gasteiger partial charge is 0.271 e. The maximum atomic E-state index is 11.9. The second kappa shape index (κ2) is 5.68. The molecular formula is C13H16N6O. The topological polar surface area (TPSA) is 95.6 Å². The van der Waals surface area contributed by atoms with Crippen LogP contribution in [0, 0.1) is 0 Å². The molecule has 1 amide bonds. The van der Waals surface area contributed by atoms with Gasteiger partial charge in [0, 0.05) is 37.1 Å². The molecule has 0 saturated heterocycles. The molecule has 1 aliphatic carbocycles.